The van der Waals surface area contributed by atoms with Crippen molar-refractivity contribution >= 4 is 11.9 Å². The number of carbonyl (C=O) groups excluding carboxylic acids is 2. The summed E-state index contributed by atoms with van der Waals surface area (Å²) >= 11 is 0. The molecule has 1 saturated carbocycles. The Bertz CT molecular complexity index is 775. The molecule has 2 unspecified atom stereocenters. The first-order valence-electron chi connectivity index (χ1n) is 9.42. The molecule has 0 saturated heterocycles. The zero-order chi connectivity index (χ0) is 19.1. The van der Waals surface area contributed by atoms with E-state index in [-0.39, 0.29) is 18.6 Å². The van der Waals surface area contributed by atoms with Crippen molar-refractivity contribution < 1.29 is 19.1 Å². The topological polar surface area (TPSA) is 64.6 Å². The number of carbonyl (C=O) groups is 2. The molecule has 0 spiro atoms. The summed E-state index contributed by atoms with van der Waals surface area (Å²) in [7, 11) is 0. The Kier molecular flexibility index (Phi) is 6.47. The van der Waals surface area contributed by atoms with E-state index in [1.165, 1.54) is 6.42 Å². The lowest BCUT2D eigenvalue weighted by atomic mass is 9.86. The molecule has 27 heavy (non-hydrogen) atoms. The van der Waals surface area contributed by atoms with Crippen molar-refractivity contribution in [1.82, 2.24) is 5.32 Å². The predicted octanol–water partition coefficient (Wildman–Crippen LogP) is 4.33. The number of esters is 1. The zero-order valence-electron chi connectivity index (χ0n) is 15.5. The van der Waals surface area contributed by atoms with Gasteiger partial charge in [0.05, 0.1) is 0 Å². The molecule has 0 aromatic heterocycles. The normalized spacial score (nSPS) is 19.1. The summed E-state index contributed by atoms with van der Waals surface area (Å²) in [6.45, 7) is 1.86. The van der Waals surface area contributed by atoms with E-state index < -0.39 is 5.97 Å². The van der Waals surface area contributed by atoms with Gasteiger partial charge in [-0.2, -0.15) is 0 Å². The van der Waals surface area contributed by atoms with Gasteiger partial charge in [0.25, 0.3) is 5.91 Å². The van der Waals surface area contributed by atoms with Gasteiger partial charge in [0.2, 0.25) is 0 Å². The Labute approximate surface area is 159 Å². The molecule has 5 nitrogen and oxygen atoms in total. The molecular formula is C22H25NO4. The number of benzene rings is 2. The number of amides is 1. The SMILES string of the molecule is CC1CCCCC1NC(=O)COC(=O)c1ccccc1Oc1ccccc1. The lowest BCUT2D eigenvalue weighted by Gasteiger charge is -2.29. The second kappa shape index (κ2) is 9.21. The predicted molar refractivity (Wildman–Crippen MR) is 103 cm³/mol. The van der Waals surface area contributed by atoms with Gasteiger partial charge in [0, 0.05) is 6.04 Å². The fraction of sp³-hybridized carbons (Fsp3) is 0.364. The number of hydrogen-bond donors (Lipinski definition) is 1. The summed E-state index contributed by atoms with van der Waals surface area (Å²) < 4.78 is 11.0. The molecule has 0 aliphatic heterocycles. The highest BCUT2D eigenvalue weighted by Crippen LogP contribution is 2.26. The third-order valence-electron chi connectivity index (χ3n) is 4.87. The zero-order valence-corrected chi connectivity index (χ0v) is 15.5. The molecular weight excluding hydrogens is 342 g/mol. The summed E-state index contributed by atoms with van der Waals surface area (Å²) in [5, 5.41) is 2.98. The minimum Gasteiger partial charge on any atom is -0.456 e. The van der Waals surface area contributed by atoms with Crippen molar-refractivity contribution in [2.75, 3.05) is 6.61 Å². The Morgan fingerprint density at radius 3 is 2.48 bits per heavy atom. The van der Waals surface area contributed by atoms with Gasteiger partial charge in [-0.15, -0.1) is 0 Å². The summed E-state index contributed by atoms with van der Waals surface area (Å²) in [6, 6.07) is 16.2. The molecule has 142 valence electrons. The van der Waals surface area contributed by atoms with Crippen molar-refractivity contribution in [1.29, 1.82) is 0 Å². The number of para-hydroxylation sites is 2. The average Bonchev–Trinajstić information content (AvgIpc) is 2.69. The largest absolute Gasteiger partial charge is 0.456 e. The number of hydrogen-bond acceptors (Lipinski definition) is 4. The third-order valence-corrected chi connectivity index (χ3v) is 4.87. The Balaban J connectivity index is 1.57. The van der Waals surface area contributed by atoms with Crippen molar-refractivity contribution in [2.24, 2.45) is 5.92 Å². The van der Waals surface area contributed by atoms with Crippen LogP contribution in [-0.2, 0) is 9.53 Å². The fourth-order valence-electron chi connectivity index (χ4n) is 3.33. The van der Waals surface area contributed by atoms with Crippen molar-refractivity contribution in [3.8, 4) is 11.5 Å². The van der Waals surface area contributed by atoms with Gasteiger partial charge in [-0.1, -0.05) is 50.1 Å². The fourth-order valence-corrected chi connectivity index (χ4v) is 3.33. The molecule has 5 heteroatoms. The van der Waals surface area contributed by atoms with Crippen LogP contribution in [0.4, 0.5) is 0 Å². The van der Waals surface area contributed by atoms with Crippen molar-refractivity contribution in [2.45, 2.75) is 38.6 Å². The number of nitrogens with one attached hydrogen (secondary N) is 1. The first kappa shape index (κ1) is 19.0. The lowest BCUT2D eigenvalue weighted by Crippen LogP contribution is -2.42. The van der Waals surface area contributed by atoms with Crippen LogP contribution in [0.15, 0.2) is 54.6 Å². The van der Waals surface area contributed by atoms with Crippen molar-refractivity contribution in [3.63, 3.8) is 0 Å². The second-order valence-corrected chi connectivity index (χ2v) is 6.92. The van der Waals surface area contributed by atoms with Crippen LogP contribution in [0.25, 0.3) is 0 Å². The Morgan fingerprint density at radius 2 is 1.70 bits per heavy atom. The molecule has 1 aliphatic rings. The van der Waals surface area contributed by atoms with Crippen LogP contribution >= 0.6 is 0 Å². The van der Waals surface area contributed by atoms with E-state index in [4.69, 9.17) is 9.47 Å². The van der Waals surface area contributed by atoms with Crippen LogP contribution in [-0.4, -0.2) is 24.5 Å². The number of ether oxygens (including phenoxy) is 2. The summed E-state index contributed by atoms with van der Waals surface area (Å²) in [5.41, 5.74) is 0.292. The Hall–Kier alpha value is -2.82. The van der Waals surface area contributed by atoms with Gasteiger partial charge in [0.1, 0.15) is 17.1 Å². The van der Waals surface area contributed by atoms with Crippen LogP contribution in [0.3, 0.4) is 0 Å². The molecule has 1 aliphatic carbocycles. The standard InChI is InChI=1S/C22H25NO4/c1-16-9-5-7-13-19(16)23-21(24)15-26-22(25)18-12-6-8-14-20(18)27-17-10-3-2-4-11-17/h2-4,6,8,10-12,14,16,19H,5,7,9,13,15H2,1H3,(H,23,24). The summed E-state index contributed by atoms with van der Waals surface area (Å²) in [5.74, 6) is 0.645. The Morgan fingerprint density at radius 1 is 1.00 bits per heavy atom. The van der Waals surface area contributed by atoms with E-state index >= 15 is 0 Å². The monoisotopic (exact) mass is 367 g/mol. The highest BCUT2D eigenvalue weighted by Gasteiger charge is 2.23. The van der Waals surface area contributed by atoms with Crippen molar-refractivity contribution in [3.05, 3.63) is 60.2 Å². The maximum Gasteiger partial charge on any atom is 0.342 e. The maximum absolute atomic E-state index is 12.4. The molecule has 1 fully saturated rings. The van der Waals surface area contributed by atoms with Crippen LogP contribution in [0.5, 0.6) is 11.5 Å². The molecule has 0 heterocycles. The van der Waals surface area contributed by atoms with Crippen LogP contribution in [0, 0.1) is 5.92 Å². The van der Waals surface area contributed by atoms with E-state index in [1.807, 2.05) is 18.2 Å². The highest BCUT2D eigenvalue weighted by molar-refractivity contribution is 5.94. The van der Waals surface area contributed by atoms with Gasteiger partial charge in [-0.25, -0.2) is 4.79 Å². The minimum absolute atomic E-state index is 0.165. The van der Waals surface area contributed by atoms with E-state index in [0.717, 1.165) is 19.3 Å². The van der Waals surface area contributed by atoms with Gasteiger partial charge in [-0.05, 0) is 43.0 Å². The second-order valence-electron chi connectivity index (χ2n) is 6.92. The first-order chi connectivity index (χ1) is 13.1. The van der Waals surface area contributed by atoms with E-state index in [9.17, 15) is 9.59 Å². The van der Waals surface area contributed by atoms with Gasteiger partial charge >= 0.3 is 5.97 Å². The summed E-state index contributed by atoms with van der Waals surface area (Å²) in [4.78, 5) is 24.6. The molecule has 1 amide bonds. The lowest BCUT2D eigenvalue weighted by molar-refractivity contribution is -0.125. The molecule has 3 rings (SSSR count). The van der Waals surface area contributed by atoms with Crippen LogP contribution < -0.4 is 10.1 Å². The first-order valence-corrected chi connectivity index (χ1v) is 9.42. The smallest absolute Gasteiger partial charge is 0.342 e. The molecule has 2 aromatic carbocycles. The van der Waals surface area contributed by atoms with E-state index in [0.29, 0.717) is 23.0 Å². The van der Waals surface area contributed by atoms with E-state index in [1.54, 1.807) is 36.4 Å². The quantitative estimate of drug-likeness (QED) is 0.772. The average molecular weight is 367 g/mol. The molecule has 2 atom stereocenters. The van der Waals surface area contributed by atoms with Gasteiger partial charge in [-0.3, -0.25) is 4.79 Å². The number of rotatable bonds is 6. The molecule has 0 radical (unpaired) electrons. The van der Waals surface area contributed by atoms with E-state index in [2.05, 4.69) is 12.2 Å². The molecule has 2 aromatic rings. The third kappa shape index (κ3) is 5.33. The molecule has 0 bridgehead atoms. The van der Waals surface area contributed by atoms with Crippen LogP contribution in [0.2, 0.25) is 0 Å². The highest BCUT2D eigenvalue weighted by atomic mass is 16.5. The minimum atomic E-state index is -0.576. The van der Waals surface area contributed by atoms with Gasteiger partial charge < -0.3 is 14.8 Å². The maximum atomic E-state index is 12.4. The summed E-state index contributed by atoms with van der Waals surface area (Å²) in [6.07, 6.45) is 4.43. The molecule has 1 N–H and O–H groups in total. The van der Waals surface area contributed by atoms with Gasteiger partial charge in [0.15, 0.2) is 6.61 Å². The van der Waals surface area contributed by atoms with Crippen LogP contribution in [0.1, 0.15) is 43.0 Å².